The van der Waals surface area contributed by atoms with Gasteiger partial charge >= 0.3 is 0 Å². The van der Waals surface area contributed by atoms with E-state index in [-0.39, 0.29) is 5.91 Å². The number of hydrogen-bond acceptors (Lipinski definition) is 2. The zero-order valence-corrected chi connectivity index (χ0v) is 11.9. The molecule has 0 radical (unpaired) electrons. The maximum Gasteiger partial charge on any atom is 0.254 e. The van der Waals surface area contributed by atoms with Crippen molar-refractivity contribution in [1.29, 1.82) is 0 Å². The Labute approximate surface area is 116 Å². The van der Waals surface area contributed by atoms with Crippen LogP contribution in [0.5, 0.6) is 0 Å². The maximum absolute atomic E-state index is 12.5. The molecule has 3 nitrogen and oxygen atoms in total. The summed E-state index contributed by atoms with van der Waals surface area (Å²) in [5, 5.41) is 3.35. The summed E-state index contributed by atoms with van der Waals surface area (Å²) in [5.41, 5.74) is 2.07. The van der Waals surface area contributed by atoms with Gasteiger partial charge in [-0.05, 0) is 56.1 Å². The SMILES string of the molecule is O=C1c2ccc(Br)cc2CCN1C1CCNCC1. The summed E-state index contributed by atoms with van der Waals surface area (Å²) in [4.78, 5) is 14.6. The van der Waals surface area contributed by atoms with Gasteiger partial charge in [-0.3, -0.25) is 4.79 Å². The van der Waals surface area contributed by atoms with Crippen LogP contribution < -0.4 is 5.32 Å². The molecule has 0 atom stereocenters. The van der Waals surface area contributed by atoms with E-state index in [0.717, 1.165) is 48.9 Å². The number of benzene rings is 1. The Hall–Kier alpha value is -0.870. The first-order valence-electron chi connectivity index (χ1n) is 6.56. The van der Waals surface area contributed by atoms with Crippen molar-refractivity contribution >= 4 is 21.8 Å². The van der Waals surface area contributed by atoms with E-state index >= 15 is 0 Å². The van der Waals surface area contributed by atoms with Crippen molar-refractivity contribution in [3.05, 3.63) is 33.8 Å². The second-order valence-corrected chi connectivity index (χ2v) is 5.95. The summed E-state index contributed by atoms with van der Waals surface area (Å²) in [7, 11) is 0. The summed E-state index contributed by atoms with van der Waals surface area (Å²) in [6, 6.07) is 6.42. The van der Waals surface area contributed by atoms with Crippen LogP contribution in [0, 0.1) is 0 Å². The van der Waals surface area contributed by atoms with Gasteiger partial charge in [-0.25, -0.2) is 0 Å². The normalized spacial score (nSPS) is 20.9. The van der Waals surface area contributed by atoms with E-state index in [9.17, 15) is 4.79 Å². The van der Waals surface area contributed by atoms with Gasteiger partial charge in [0.05, 0.1) is 0 Å². The molecule has 0 aliphatic carbocycles. The van der Waals surface area contributed by atoms with E-state index in [1.54, 1.807) is 0 Å². The Morgan fingerprint density at radius 2 is 2.06 bits per heavy atom. The standard InChI is InChI=1S/C14H17BrN2O/c15-11-1-2-13-10(9-11)5-8-17(14(13)18)12-3-6-16-7-4-12/h1-2,9,12,16H,3-8H2. The van der Waals surface area contributed by atoms with Crippen LogP contribution in [-0.4, -0.2) is 36.5 Å². The summed E-state index contributed by atoms with van der Waals surface area (Å²) in [6.07, 6.45) is 3.14. The predicted molar refractivity (Wildman–Crippen MR) is 74.8 cm³/mol. The zero-order valence-electron chi connectivity index (χ0n) is 10.3. The molecule has 2 aliphatic heterocycles. The van der Waals surface area contributed by atoms with Crippen molar-refractivity contribution in [2.75, 3.05) is 19.6 Å². The fourth-order valence-corrected chi connectivity index (χ4v) is 3.35. The van der Waals surface area contributed by atoms with Crippen molar-refractivity contribution in [3.63, 3.8) is 0 Å². The van der Waals surface area contributed by atoms with Crippen LogP contribution in [0.2, 0.25) is 0 Å². The molecular weight excluding hydrogens is 292 g/mol. The van der Waals surface area contributed by atoms with Gasteiger partial charge in [0, 0.05) is 22.6 Å². The van der Waals surface area contributed by atoms with E-state index < -0.39 is 0 Å². The summed E-state index contributed by atoms with van der Waals surface area (Å²) in [6.45, 7) is 2.93. The number of carbonyl (C=O) groups excluding carboxylic acids is 1. The average molecular weight is 309 g/mol. The molecule has 0 bridgehead atoms. The number of halogens is 1. The Bertz CT molecular complexity index is 469. The topological polar surface area (TPSA) is 32.3 Å². The highest BCUT2D eigenvalue weighted by Crippen LogP contribution is 2.26. The number of nitrogens with one attached hydrogen (secondary N) is 1. The van der Waals surface area contributed by atoms with Crippen LogP contribution in [0.15, 0.2) is 22.7 Å². The Balaban J connectivity index is 1.84. The number of amides is 1. The van der Waals surface area contributed by atoms with Gasteiger partial charge in [0.15, 0.2) is 0 Å². The van der Waals surface area contributed by atoms with E-state index in [1.807, 2.05) is 12.1 Å². The van der Waals surface area contributed by atoms with E-state index in [0.29, 0.717) is 6.04 Å². The first-order valence-corrected chi connectivity index (χ1v) is 7.35. The van der Waals surface area contributed by atoms with E-state index in [1.165, 1.54) is 5.56 Å². The fraction of sp³-hybridized carbons (Fsp3) is 0.500. The average Bonchev–Trinajstić information content (AvgIpc) is 2.40. The van der Waals surface area contributed by atoms with Gasteiger partial charge in [-0.15, -0.1) is 0 Å². The lowest BCUT2D eigenvalue weighted by Gasteiger charge is -2.37. The molecule has 18 heavy (non-hydrogen) atoms. The van der Waals surface area contributed by atoms with E-state index in [4.69, 9.17) is 0 Å². The molecule has 0 aromatic heterocycles. The molecule has 2 heterocycles. The zero-order chi connectivity index (χ0) is 12.5. The molecule has 1 fully saturated rings. The van der Waals surface area contributed by atoms with Crippen LogP contribution in [-0.2, 0) is 6.42 Å². The van der Waals surface area contributed by atoms with Crippen LogP contribution in [0.4, 0.5) is 0 Å². The molecule has 1 N–H and O–H groups in total. The van der Waals surface area contributed by atoms with Gasteiger partial charge in [0.1, 0.15) is 0 Å². The first-order chi connectivity index (χ1) is 8.75. The number of rotatable bonds is 1. The van der Waals surface area contributed by atoms with Gasteiger partial charge < -0.3 is 10.2 Å². The van der Waals surface area contributed by atoms with Gasteiger partial charge in [0.25, 0.3) is 5.91 Å². The van der Waals surface area contributed by atoms with Crippen molar-refractivity contribution in [2.24, 2.45) is 0 Å². The van der Waals surface area contributed by atoms with Crippen LogP contribution in [0.3, 0.4) is 0 Å². The number of nitrogens with zero attached hydrogens (tertiary/aromatic N) is 1. The van der Waals surface area contributed by atoms with Gasteiger partial charge in [-0.1, -0.05) is 15.9 Å². The van der Waals surface area contributed by atoms with Gasteiger partial charge in [-0.2, -0.15) is 0 Å². The van der Waals surface area contributed by atoms with Crippen molar-refractivity contribution in [2.45, 2.75) is 25.3 Å². The predicted octanol–water partition coefficient (Wildman–Crippen LogP) is 2.20. The summed E-state index contributed by atoms with van der Waals surface area (Å²) >= 11 is 3.47. The van der Waals surface area contributed by atoms with Gasteiger partial charge in [0.2, 0.25) is 0 Å². The highest BCUT2D eigenvalue weighted by atomic mass is 79.9. The molecule has 96 valence electrons. The first kappa shape index (κ1) is 12.2. The Morgan fingerprint density at radius 1 is 1.28 bits per heavy atom. The molecule has 1 amide bonds. The molecule has 3 rings (SSSR count). The minimum atomic E-state index is 0.218. The molecular formula is C14H17BrN2O. The summed E-state index contributed by atoms with van der Waals surface area (Å²) in [5.74, 6) is 0.218. The van der Waals surface area contributed by atoms with Crippen molar-refractivity contribution < 1.29 is 4.79 Å². The molecule has 4 heteroatoms. The lowest BCUT2D eigenvalue weighted by molar-refractivity contribution is 0.0623. The fourth-order valence-electron chi connectivity index (χ4n) is 2.94. The third-order valence-corrected chi connectivity index (χ3v) is 4.42. The smallest absolute Gasteiger partial charge is 0.254 e. The largest absolute Gasteiger partial charge is 0.335 e. The summed E-state index contributed by atoms with van der Waals surface area (Å²) < 4.78 is 1.06. The van der Waals surface area contributed by atoms with Crippen LogP contribution in [0.1, 0.15) is 28.8 Å². The number of carbonyl (C=O) groups is 1. The molecule has 0 saturated carbocycles. The third kappa shape index (κ3) is 2.19. The lowest BCUT2D eigenvalue weighted by atomic mass is 9.95. The molecule has 1 aromatic rings. The van der Waals surface area contributed by atoms with Crippen LogP contribution >= 0.6 is 15.9 Å². The minimum absolute atomic E-state index is 0.218. The highest BCUT2D eigenvalue weighted by Gasteiger charge is 2.30. The Kier molecular flexibility index (Phi) is 3.39. The monoisotopic (exact) mass is 308 g/mol. The third-order valence-electron chi connectivity index (χ3n) is 3.93. The number of piperidine rings is 1. The van der Waals surface area contributed by atoms with Crippen molar-refractivity contribution in [1.82, 2.24) is 10.2 Å². The highest BCUT2D eigenvalue weighted by molar-refractivity contribution is 9.10. The maximum atomic E-state index is 12.5. The second-order valence-electron chi connectivity index (χ2n) is 5.03. The minimum Gasteiger partial charge on any atom is -0.335 e. The van der Waals surface area contributed by atoms with E-state index in [2.05, 4.69) is 32.2 Å². The molecule has 1 aromatic carbocycles. The molecule has 0 spiro atoms. The van der Waals surface area contributed by atoms with Crippen molar-refractivity contribution in [3.8, 4) is 0 Å². The quantitative estimate of drug-likeness (QED) is 0.862. The second kappa shape index (κ2) is 5.02. The Morgan fingerprint density at radius 3 is 2.83 bits per heavy atom. The lowest BCUT2D eigenvalue weighted by Crippen LogP contribution is -2.49. The molecule has 1 saturated heterocycles. The van der Waals surface area contributed by atoms with Crippen LogP contribution in [0.25, 0.3) is 0 Å². The molecule has 0 unspecified atom stereocenters. The molecule has 2 aliphatic rings. The number of fused-ring (bicyclic) bond motifs is 1. The number of hydrogen-bond donors (Lipinski definition) is 1.